The van der Waals surface area contributed by atoms with Crippen LogP contribution in [-0.2, 0) is 6.42 Å². The van der Waals surface area contributed by atoms with Crippen molar-refractivity contribution in [3.63, 3.8) is 0 Å². The van der Waals surface area contributed by atoms with Gasteiger partial charge in [0, 0.05) is 18.8 Å². The minimum atomic E-state index is 0.124. The summed E-state index contributed by atoms with van der Waals surface area (Å²) in [5, 5.41) is 7.13. The summed E-state index contributed by atoms with van der Waals surface area (Å²) in [6.07, 6.45) is 6.74. The molecular formula is C14H18N4OS. The summed E-state index contributed by atoms with van der Waals surface area (Å²) >= 11 is 1.42. The smallest absolute Gasteiger partial charge is 0.265 e. The van der Waals surface area contributed by atoms with Gasteiger partial charge in [0.25, 0.3) is 5.91 Å². The van der Waals surface area contributed by atoms with Gasteiger partial charge in [0.2, 0.25) is 0 Å². The summed E-state index contributed by atoms with van der Waals surface area (Å²) in [4.78, 5) is 19.0. The van der Waals surface area contributed by atoms with E-state index < -0.39 is 0 Å². The molecule has 2 aromatic rings. The number of aromatic amines is 1. The van der Waals surface area contributed by atoms with Crippen LogP contribution in [0.3, 0.4) is 0 Å². The van der Waals surface area contributed by atoms with Gasteiger partial charge in [-0.25, -0.2) is 0 Å². The van der Waals surface area contributed by atoms with Crippen molar-refractivity contribution in [3.8, 4) is 0 Å². The molecule has 3 heterocycles. The number of nitrogens with one attached hydrogen (secondary N) is 1. The van der Waals surface area contributed by atoms with Gasteiger partial charge >= 0.3 is 0 Å². The van der Waals surface area contributed by atoms with E-state index in [9.17, 15) is 4.79 Å². The van der Waals surface area contributed by atoms with E-state index in [1.807, 2.05) is 11.1 Å². The predicted octanol–water partition coefficient (Wildman–Crippen LogP) is 2.27. The number of hydrogen-bond acceptors (Lipinski definition) is 4. The minimum absolute atomic E-state index is 0.124. The molecular weight excluding hydrogens is 272 g/mol. The number of piperidine rings is 1. The lowest BCUT2D eigenvalue weighted by Gasteiger charge is -2.32. The molecule has 0 bridgehead atoms. The maximum Gasteiger partial charge on any atom is 0.265 e. The molecule has 6 heteroatoms. The van der Waals surface area contributed by atoms with Gasteiger partial charge in [-0.2, -0.15) is 5.10 Å². The molecule has 1 N–H and O–H groups in total. The number of aryl methyl sites for hydroxylation is 1. The monoisotopic (exact) mass is 290 g/mol. The zero-order chi connectivity index (χ0) is 13.9. The van der Waals surface area contributed by atoms with Crippen LogP contribution in [-0.4, -0.2) is 39.1 Å². The number of thiazole rings is 1. The summed E-state index contributed by atoms with van der Waals surface area (Å²) in [6, 6.07) is 0. The Bertz CT molecular complexity index is 578. The van der Waals surface area contributed by atoms with Gasteiger partial charge in [0.15, 0.2) is 0 Å². The number of hydrogen-bond donors (Lipinski definition) is 1. The van der Waals surface area contributed by atoms with Crippen LogP contribution in [0.15, 0.2) is 17.9 Å². The van der Waals surface area contributed by atoms with Crippen LogP contribution in [0.2, 0.25) is 0 Å². The third kappa shape index (κ3) is 2.75. The normalized spacial score (nSPS) is 19.2. The number of likely N-dealkylation sites (tertiary alicyclic amines) is 1. The molecule has 0 aliphatic carbocycles. The second kappa shape index (κ2) is 5.75. The molecule has 1 aliphatic heterocycles. The Morgan fingerprint density at radius 2 is 2.45 bits per heavy atom. The van der Waals surface area contributed by atoms with Crippen LogP contribution >= 0.6 is 11.3 Å². The third-order valence-corrected chi connectivity index (χ3v) is 4.64. The van der Waals surface area contributed by atoms with E-state index in [1.165, 1.54) is 29.0 Å². The SMILES string of the molecule is Cc1cn[nH]c1C[C@@H]1CCCN(C(=O)c2cncs2)C1. The Labute approximate surface area is 122 Å². The molecule has 0 aromatic carbocycles. The van der Waals surface area contributed by atoms with E-state index in [0.717, 1.165) is 30.8 Å². The van der Waals surface area contributed by atoms with Crippen molar-refractivity contribution in [1.29, 1.82) is 0 Å². The number of amides is 1. The second-order valence-electron chi connectivity index (χ2n) is 5.36. The van der Waals surface area contributed by atoms with E-state index in [2.05, 4.69) is 22.1 Å². The standard InChI is InChI=1S/C14H18N4OS/c1-10-6-16-17-12(10)5-11-3-2-4-18(8-11)14(19)13-7-15-9-20-13/h6-7,9,11H,2-5,8H2,1H3,(H,16,17)/t11-/m0/s1. The van der Waals surface area contributed by atoms with Crippen LogP contribution in [0, 0.1) is 12.8 Å². The Morgan fingerprint density at radius 3 is 3.15 bits per heavy atom. The quantitative estimate of drug-likeness (QED) is 0.943. The van der Waals surface area contributed by atoms with Crippen LogP contribution in [0.25, 0.3) is 0 Å². The van der Waals surface area contributed by atoms with Crippen LogP contribution in [0.5, 0.6) is 0 Å². The minimum Gasteiger partial charge on any atom is -0.338 e. The molecule has 1 saturated heterocycles. The molecule has 20 heavy (non-hydrogen) atoms. The zero-order valence-corrected chi connectivity index (χ0v) is 12.3. The molecule has 1 aliphatic rings. The van der Waals surface area contributed by atoms with Crippen molar-refractivity contribution < 1.29 is 4.79 Å². The Hall–Kier alpha value is -1.69. The highest BCUT2D eigenvalue weighted by Crippen LogP contribution is 2.23. The highest BCUT2D eigenvalue weighted by molar-refractivity contribution is 7.11. The van der Waals surface area contributed by atoms with E-state index in [-0.39, 0.29) is 5.91 Å². The first-order valence-corrected chi connectivity index (χ1v) is 7.78. The summed E-state index contributed by atoms with van der Waals surface area (Å²) in [6.45, 7) is 3.76. The molecule has 5 nitrogen and oxygen atoms in total. The van der Waals surface area contributed by atoms with Gasteiger partial charge in [0.1, 0.15) is 4.88 Å². The number of rotatable bonds is 3. The molecule has 1 atom stereocenters. The Balaban J connectivity index is 1.65. The second-order valence-corrected chi connectivity index (χ2v) is 6.25. The van der Waals surface area contributed by atoms with Gasteiger partial charge in [-0.3, -0.25) is 14.9 Å². The molecule has 0 radical (unpaired) electrons. The summed E-state index contributed by atoms with van der Waals surface area (Å²) in [7, 11) is 0. The lowest BCUT2D eigenvalue weighted by Crippen LogP contribution is -2.40. The molecule has 1 amide bonds. The lowest BCUT2D eigenvalue weighted by atomic mass is 9.92. The predicted molar refractivity (Wildman–Crippen MR) is 77.8 cm³/mol. The largest absolute Gasteiger partial charge is 0.338 e. The van der Waals surface area contributed by atoms with Crippen LogP contribution in [0.1, 0.15) is 33.8 Å². The molecule has 106 valence electrons. The number of H-pyrrole nitrogens is 1. The van der Waals surface area contributed by atoms with Crippen molar-refractivity contribution >= 4 is 17.2 Å². The van der Waals surface area contributed by atoms with Gasteiger partial charge in [-0.15, -0.1) is 11.3 Å². The average molecular weight is 290 g/mol. The summed E-state index contributed by atoms with van der Waals surface area (Å²) in [5.74, 6) is 0.637. The van der Waals surface area contributed by atoms with Crippen molar-refractivity contribution in [2.75, 3.05) is 13.1 Å². The first-order valence-electron chi connectivity index (χ1n) is 6.90. The summed E-state index contributed by atoms with van der Waals surface area (Å²) in [5.41, 5.74) is 4.11. The highest BCUT2D eigenvalue weighted by Gasteiger charge is 2.25. The van der Waals surface area contributed by atoms with Gasteiger partial charge in [-0.05, 0) is 37.7 Å². The summed E-state index contributed by atoms with van der Waals surface area (Å²) < 4.78 is 0. The number of carbonyl (C=O) groups excluding carboxylic acids is 1. The molecule has 0 spiro atoms. The maximum atomic E-state index is 12.4. The fourth-order valence-electron chi connectivity index (χ4n) is 2.76. The molecule has 2 aromatic heterocycles. The van der Waals surface area contributed by atoms with Crippen LogP contribution < -0.4 is 0 Å². The third-order valence-electron chi connectivity index (χ3n) is 3.88. The van der Waals surface area contributed by atoms with Crippen molar-refractivity contribution in [2.24, 2.45) is 5.92 Å². The van der Waals surface area contributed by atoms with Gasteiger partial charge < -0.3 is 4.90 Å². The van der Waals surface area contributed by atoms with E-state index >= 15 is 0 Å². The van der Waals surface area contributed by atoms with Gasteiger partial charge in [0.05, 0.1) is 17.9 Å². The average Bonchev–Trinajstić information content (AvgIpc) is 3.11. The lowest BCUT2D eigenvalue weighted by molar-refractivity contribution is 0.0677. The van der Waals surface area contributed by atoms with Crippen molar-refractivity contribution in [3.05, 3.63) is 34.0 Å². The first kappa shape index (κ1) is 13.3. The Morgan fingerprint density at radius 1 is 1.55 bits per heavy atom. The topological polar surface area (TPSA) is 61.9 Å². The van der Waals surface area contributed by atoms with E-state index in [4.69, 9.17) is 0 Å². The fraction of sp³-hybridized carbons (Fsp3) is 0.500. The highest BCUT2D eigenvalue weighted by atomic mass is 32.1. The number of nitrogens with zero attached hydrogens (tertiary/aromatic N) is 3. The first-order chi connectivity index (χ1) is 9.74. The maximum absolute atomic E-state index is 12.4. The molecule has 3 rings (SSSR count). The zero-order valence-electron chi connectivity index (χ0n) is 11.5. The van der Waals surface area contributed by atoms with Gasteiger partial charge in [-0.1, -0.05) is 0 Å². The van der Waals surface area contributed by atoms with Crippen molar-refractivity contribution in [1.82, 2.24) is 20.1 Å². The number of aromatic nitrogens is 3. The fourth-order valence-corrected chi connectivity index (χ4v) is 3.35. The van der Waals surface area contributed by atoms with E-state index in [1.54, 1.807) is 11.7 Å². The molecule has 0 saturated carbocycles. The molecule has 1 fully saturated rings. The van der Waals surface area contributed by atoms with Crippen LogP contribution in [0.4, 0.5) is 0 Å². The molecule has 0 unspecified atom stereocenters. The van der Waals surface area contributed by atoms with E-state index in [0.29, 0.717) is 5.92 Å². The van der Waals surface area contributed by atoms with Crippen molar-refractivity contribution in [2.45, 2.75) is 26.2 Å². The Kier molecular flexibility index (Phi) is 3.82. The number of carbonyl (C=O) groups is 1.